The van der Waals surface area contributed by atoms with Gasteiger partial charge in [-0.3, -0.25) is 0 Å². The minimum Gasteiger partial charge on any atom is -0.497 e. The van der Waals surface area contributed by atoms with Crippen molar-refractivity contribution < 1.29 is 33.2 Å². The average Bonchev–Trinajstić information content (AvgIpc) is 3.08. The van der Waals surface area contributed by atoms with Crippen LogP contribution in [0.5, 0.6) is 11.5 Å². The molecule has 2 unspecified atom stereocenters. The molecule has 4 aromatic carbocycles. The fourth-order valence-corrected chi connectivity index (χ4v) is 5.04. The maximum atomic E-state index is 6.66. The molecule has 0 aromatic heterocycles. The summed E-state index contributed by atoms with van der Waals surface area (Å²) in [6.07, 6.45) is -1.33. The van der Waals surface area contributed by atoms with Gasteiger partial charge >= 0.3 is 0 Å². The Balaban J connectivity index is 1.43. The lowest BCUT2D eigenvalue weighted by molar-refractivity contribution is -0.307. The molecule has 1 heterocycles. The van der Waals surface area contributed by atoms with Crippen molar-refractivity contribution >= 4 is 0 Å². The zero-order valence-corrected chi connectivity index (χ0v) is 25.0. The molecule has 7 nitrogen and oxygen atoms in total. The van der Waals surface area contributed by atoms with E-state index in [4.69, 9.17) is 33.2 Å². The van der Waals surface area contributed by atoms with Crippen LogP contribution in [0.4, 0.5) is 0 Å². The summed E-state index contributed by atoms with van der Waals surface area (Å²) in [5, 5.41) is 0. The summed E-state index contributed by atoms with van der Waals surface area (Å²) >= 11 is 0. The Morgan fingerprint density at radius 1 is 0.614 bits per heavy atom. The molecular formula is C37H40O7. The number of rotatable bonds is 16. The van der Waals surface area contributed by atoms with Crippen LogP contribution in [-0.4, -0.2) is 51.0 Å². The normalized spacial score (nSPS) is 21.4. The predicted octanol–water partition coefficient (Wildman–Crippen LogP) is 6.76. The quantitative estimate of drug-likeness (QED) is 0.133. The Morgan fingerprint density at radius 2 is 1.14 bits per heavy atom. The van der Waals surface area contributed by atoms with Crippen LogP contribution in [-0.2, 0) is 43.5 Å². The summed E-state index contributed by atoms with van der Waals surface area (Å²) in [6.45, 7) is 5.58. The number of hydrogen-bond donors (Lipinski definition) is 0. The summed E-state index contributed by atoms with van der Waals surface area (Å²) in [6, 6.07) is 37.4. The molecule has 0 radical (unpaired) electrons. The van der Waals surface area contributed by atoms with Crippen molar-refractivity contribution in [3.8, 4) is 11.5 Å². The van der Waals surface area contributed by atoms with Gasteiger partial charge in [0.1, 0.15) is 35.9 Å². The van der Waals surface area contributed by atoms with Crippen molar-refractivity contribution in [2.24, 2.45) is 0 Å². The van der Waals surface area contributed by atoms with E-state index in [-0.39, 0.29) is 6.61 Å². The largest absolute Gasteiger partial charge is 0.497 e. The minimum absolute atomic E-state index is 0.260. The van der Waals surface area contributed by atoms with E-state index < -0.39 is 30.7 Å². The molecular weight excluding hydrogens is 556 g/mol. The van der Waals surface area contributed by atoms with E-state index in [1.165, 1.54) is 0 Å². The SMILES string of the molecule is C=CCO[C@H]1C(OCc2ccccc2)[C@H](Oc2ccc(OC)cc2)OC(COCc2ccccc2)[C@@H]1OCc1ccccc1. The second kappa shape index (κ2) is 16.8. The molecule has 0 spiro atoms. The highest BCUT2D eigenvalue weighted by Crippen LogP contribution is 2.32. The molecule has 1 aliphatic heterocycles. The van der Waals surface area contributed by atoms with Crippen LogP contribution in [0, 0.1) is 0 Å². The van der Waals surface area contributed by atoms with Gasteiger partial charge in [-0.2, -0.15) is 0 Å². The molecule has 5 rings (SSSR count). The van der Waals surface area contributed by atoms with E-state index in [0.29, 0.717) is 32.2 Å². The molecule has 5 atom stereocenters. The average molecular weight is 597 g/mol. The van der Waals surface area contributed by atoms with Crippen LogP contribution < -0.4 is 9.47 Å². The molecule has 0 bridgehead atoms. The molecule has 0 aliphatic carbocycles. The topological polar surface area (TPSA) is 64.6 Å². The third-order valence-electron chi connectivity index (χ3n) is 7.27. The summed E-state index contributed by atoms with van der Waals surface area (Å²) in [7, 11) is 1.63. The maximum Gasteiger partial charge on any atom is 0.229 e. The highest BCUT2D eigenvalue weighted by molar-refractivity contribution is 5.31. The molecule has 1 aliphatic rings. The van der Waals surface area contributed by atoms with Gasteiger partial charge in [-0.05, 0) is 41.0 Å². The Hall–Kier alpha value is -3.98. The molecule has 230 valence electrons. The first-order chi connectivity index (χ1) is 21.7. The maximum absolute atomic E-state index is 6.66. The minimum atomic E-state index is -0.816. The van der Waals surface area contributed by atoms with Crippen molar-refractivity contribution in [3.05, 3.63) is 145 Å². The number of ether oxygens (including phenoxy) is 7. The van der Waals surface area contributed by atoms with E-state index in [9.17, 15) is 0 Å². The Kier molecular flexibility index (Phi) is 12.0. The van der Waals surface area contributed by atoms with Crippen molar-refractivity contribution in [1.29, 1.82) is 0 Å². The van der Waals surface area contributed by atoms with Gasteiger partial charge in [0.05, 0.1) is 40.1 Å². The van der Waals surface area contributed by atoms with Crippen LogP contribution in [0.15, 0.2) is 128 Å². The third kappa shape index (κ3) is 9.02. The molecule has 1 saturated heterocycles. The first-order valence-corrected chi connectivity index (χ1v) is 14.8. The number of methoxy groups -OCH3 is 1. The van der Waals surface area contributed by atoms with Gasteiger partial charge in [0.2, 0.25) is 6.29 Å². The second-order valence-electron chi connectivity index (χ2n) is 10.4. The Morgan fingerprint density at radius 3 is 1.68 bits per heavy atom. The molecule has 7 heteroatoms. The first kappa shape index (κ1) is 31.4. The molecule has 0 amide bonds. The summed E-state index contributed by atoms with van der Waals surface area (Å²) in [5.41, 5.74) is 3.13. The van der Waals surface area contributed by atoms with Crippen LogP contribution in [0.3, 0.4) is 0 Å². The molecule has 1 fully saturated rings. The van der Waals surface area contributed by atoms with Crippen LogP contribution in [0.25, 0.3) is 0 Å². The third-order valence-corrected chi connectivity index (χ3v) is 7.27. The van der Waals surface area contributed by atoms with E-state index in [2.05, 4.69) is 6.58 Å². The highest BCUT2D eigenvalue weighted by Gasteiger charge is 2.49. The van der Waals surface area contributed by atoms with Gasteiger partial charge in [-0.25, -0.2) is 0 Å². The molecule has 44 heavy (non-hydrogen) atoms. The van der Waals surface area contributed by atoms with Crippen molar-refractivity contribution in [3.63, 3.8) is 0 Å². The Labute approximate surface area is 259 Å². The highest BCUT2D eigenvalue weighted by atomic mass is 16.7. The lowest BCUT2D eigenvalue weighted by atomic mass is 9.98. The van der Waals surface area contributed by atoms with Gasteiger partial charge < -0.3 is 33.2 Å². The lowest BCUT2D eigenvalue weighted by Gasteiger charge is -2.45. The zero-order valence-electron chi connectivity index (χ0n) is 25.0. The molecule has 0 N–H and O–H groups in total. The van der Waals surface area contributed by atoms with E-state index in [1.807, 2.05) is 115 Å². The molecule has 4 aromatic rings. The standard InChI is InChI=1S/C37H40O7/c1-3-23-40-35-34(41-25-29-15-9-5-10-16-29)33(27-39-24-28-13-7-4-8-14-28)44-37(43-32-21-19-31(38-2)20-22-32)36(35)42-26-30-17-11-6-12-18-30/h3-22,33-37H,1,23-27H2,2H3/t33?,34-,35+,36?,37+/m0/s1. The van der Waals surface area contributed by atoms with Crippen molar-refractivity contribution in [2.75, 3.05) is 20.3 Å². The Bertz CT molecular complexity index is 1370. The van der Waals surface area contributed by atoms with Crippen LogP contribution in [0.2, 0.25) is 0 Å². The molecule has 0 saturated carbocycles. The summed E-state index contributed by atoms with van der Waals surface area (Å²) in [5.74, 6) is 1.34. The van der Waals surface area contributed by atoms with Gasteiger partial charge in [0.15, 0.2) is 0 Å². The van der Waals surface area contributed by atoms with Gasteiger partial charge in [-0.15, -0.1) is 6.58 Å². The number of benzene rings is 4. The summed E-state index contributed by atoms with van der Waals surface area (Å²) < 4.78 is 44.2. The predicted molar refractivity (Wildman–Crippen MR) is 168 cm³/mol. The van der Waals surface area contributed by atoms with Crippen molar-refractivity contribution in [1.82, 2.24) is 0 Å². The number of hydrogen-bond acceptors (Lipinski definition) is 7. The van der Waals surface area contributed by atoms with Crippen molar-refractivity contribution in [2.45, 2.75) is 50.5 Å². The van der Waals surface area contributed by atoms with Gasteiger partial charge in [0, 0.05) is 0 Å². The smallest absolute Gasteiger partial charge is 0.229 e. The summed E-state index contributed by atoms with van der Waals surface area (Å²) in [4.78, 5) is 0. The lowest BCUT2D eigenvalue weighted by Crippen LogP contribution is -2.62. The monoisotopic (exact) mass is 596 g/mol. The van der Waals surface area contributed by atoms with E-state index in [1.54, 1.807) is 13.2 Å². The van der Waals surface area contributed by atoms with E-state index in [0.717, 1.165) is 22.4 Å². The fraction of sp³-hybridized carbons (Fsp3) is 0.297. The first-order valence-electron chi connectivity index (χ1n) is 14.8. The van der Waals surface area contributed by atoms with Crippen LogP contribution in [0.1, 0.15) is 16.7 Å². The van der Waals surface area contributed by atoms with Crippen LogP contribution >= 0.6 is 0 Å². The van der Waals surface area contributed by atoms with Gasteiger partial charge in [-0.1, -0.05) is 97.1 Å². The van der Waals surface area contributed by atoms with Gasteiger partial charge in [0.25, 0.3) is 0 Å². The van der Waals surface area contributed by atoms with E-state index >= 15 is 0 Å². The second-order valence-corrected chi connectivity index (χ2v) is 10.4. The fourth-order valence-electron chi connectivity index (χ4n) is 5.04. The zero-order chi connectivity index (χ0) is 30.4.